The number of para-hydroxylation sites is 1. The molecule has 2 rings (SSSR count). The van der Waals surface area contributed by atoms with Gasteiger partial charge in [-0.3, -0.25) is 9.59 Å². The minimum Gasteiger partial charge on any atom is -0.286 e. The van der Waals surface area contributed by atoms with Crippen LogP contribution < -0.4 is 5.43 Å². The van der Waals surface area contributed by atoms with Gasteiger partial charge in [0.15, 0.2) is 5.69 Å². The molecule has 1 aromatic carbocycles. The first-order valence-electron chi connectivity index (χ1n) is 4.61. The van der Waals surface area contributed by atoms with Crippen molar-refractivity contribution in [1.29, 1.82) is 0 Å². The number of carbonyl (C=O) groups is 1. The maximum absolute atomic E-state index is 12.7. The fourth-order valence-corrected chi connectivity index (χ4v) is 1.62. The summed E-state index contributed by atoms with van der Waals surface area (Å²) in [7, 11) is 0. The van der Waals surface area contributed by atoms with Gasteiger partial charge in [0.1, 0.15) is 0 Å². The SMILES string of the molecule is O=C(Cl)c1nn(C(F)(F)F)c2ccccc2c1=O. The molecule has 4 nitrogen and oxygen atoms in total. The van der Waals surface area contributed by atoms with Gasteiger partial charge in [-0.2, -0.15) is 9.78 Å². The Balaban J connectivity index is 2.99. The highest BCUT2D eigenvalue weighted by molar-refractivity contribution is 6.67. The van der Waals surface area contributed by atoms with Crippen LogP contribution in [0.25, 0.3) is 10.9 Å². The largest absolute Gasteiger partial charge is 0.505 e. The van der Waals surface area contributed by atoms with Gasteiger partial charge >= 0.3 is 6.30 Å². The summed E-state index contributed by atoms with van der Waals surface area (Å²) in [5.74, 6) is 0. The van der Waals surface area contributed by atoms with Gasteiger partial charge in [0.2, 0.25) is 5.43 Å². The summed E-state index contributed by atoms with van der Waals surface area (Å²) in [5.41, 5.74) is -2.31. The molecule has 0 saturated carbocycles. The van der Waals surface area contributed by atoms with E-state index in [1.807, 2.05) is 0 Å². The quantitative estimate of drug-likeness (QED) is 0.751. The van der Waals surface area contributed by atoms with E-state index >= 15 is 0 Å². The highest BCUT2D eigenvalue weighted by atomic mass is 35.5. The van der Waals surface area contributed by atoms with E-state index in [2.05, 4.69) is 5.10 Å². The smallest absolute Gasteiger partial charge is 0.286 e. The van der Waals surface area contributed by atoms with Crippen LogP contribution in [0, 0.1) is 0 Å². The molecule has 1 aromatic heterocycles. The zero-order valence-electron chi connectivity index (χ0n) is 8.53. The van der Waals surface area contributed by atoms with E-state index in [0.29, 0.717) is 0 Å². The summed E-state index contributed by atoms with van der Waals surface area (Å²) < 4.78 is 37.9. The standard InChI is InChI=1S/C10H4ClF3N2O2/c11-9(18)7-8(17)5-3-1-2-4-6(5)16(15-7)10(12,13)14/h1-4H. The van der Waals surface area contributed by atoms with Crippen LogP contribution in [0.2, 0.25) is 0 Å². The second-order valence-electron chi connectivity index (χ2n) is 3.35. The molecule has 0 aliphatic rings. The number of hydrogen-bond acceptors (Lipinski definition) is 3. The number of aromatic nitrogens is 2. The minimum absolute atomic E-state index is 0.270. The third-order valence-corrected chi connectivity index (χ3v) is 2.40. The number of rotatable bonds is 1. The normalized spacial score (nSPS) is 11.8. The molecule has 0 atom stereocenters. The Morgan fingerprint density at radius 2 is 1.89 bits per heavy atom. The van der Waals surface area contributed by atoms with Crippen LogP contribution in [0.15, 0.2) is 29.1 Å². The van der Waals surface area contributed by atoms with Crippen molar-refractivity contribution in [3.63, 3.8) is 0 Å². The van der Waals surface area contributed by atoms with E-state index in [9.17, 15) is 22.8 Å². The Morgan fingerprint density at radius 1 is 1.28 bits per heavy atom. The second kappa shape index (κ2) is 4.09. The fraction of sp³-hybridized carbons (Fsp3) is 0.100. The Morgan fingerprint density at radius 3 is 2.44 bits per heavy atom. The van der Waals surface area contributed by atoms with E-state index in [-0.39, 0.29) is 10.1 Å². The molecule has 1 heterocycles. The third-order valence-electron chi connectivity index (χ3n) is 2.22. The zero-order valence-corrected chi connectivity index (χ0v) is 9.29. The molecule has 0 fully saturated rings. The molecule has 8 heteroatoms. The number of fused-ring (bicyclic) bond motifs is 1. The Labute approximate surface area is 103 Å². The maximum atomic E-state index is 12.7. The predicted molar refractivity (Wildman–Crippen MR) is 57.5 cm³/mol. The molecule has 18 heavy (non-hydrogen) atoms. The summed E-state index contributed by atoms with van der Waals surface area (Å²) in [5, 5.41) is 1.37. The van der Waals surface area contributed by atoms with Crippen LogP contribution in [0.1, 0.15) is 10.5 Å². The summed E-state index contributed by atoms with van der Waals surface area (Å²) in [6.45, 7) is 0. The van der Waals surface area contributed by atoms with Gasteiger partial charge < -0.3 is 0 Å². The second-order valence-corrected chi connectivity index (χ2v) is 3.69. The van der Waals surface area contributed by atoms with Crippen molar-refractivity contribution in [1.82, 2.24) is 9.78 Å². The van der Waals surface area contributed by atoms with Gasteiger partial charge in [-0.15, -0.1) is 13.2 Å². The van der Waals surface area contributed by atoms with Crippen molar-refractivity contribution < 1.29 is 18.0 Å². The average Bonchev–Trinajstić information content (AvgIpc) is 2.27. The highest BCUT2D eigenvalue weighted by Crippen LogP contribution is 2.25. The number of halogens is 4. The molecule has 0 unspecified atom stereocenters. The molecule has 0 saturated heterocycles. The lowest BCUT2D eigenvalue weighted by Gasteiger charge is -2.13. The van der Waals surface area contributed by atoms with Gasteiger partial charge in [0, 0.05) is 0 Å². The predicted octanol–water partition coefficient (Wildman–Crippen LogP) is 2.25. The van der Waals surface area contributed by atoms with Crippen molar-refractivity contribution in [3.05, 3.63) is 40.2 Å². The van der Waals surface area contributed by atoms with Crippen molar-refractivity contribution in [2.45, 2.75) is 6.30 Å². The lowest BCUT2D eigenvalue weighted by molar-refractivity contribution is -0.209. The van der Waals surface area contributed by atoms with Crippen molar-refractivity contribution in [2.24, 2.45) is 0 Å². The molecule has 0 radical (unpaired) electrons. The maximum Gasteiger partial charge on any atom is 0.505 e. The first-order chi connectivity index (χ1) is 8.32. The van der Waals surface area contributed by atoms with Crippen LogP contribution in [0.3, 0.4) is 0 Å². The van der Waals surface area contributed by atoms with Gasteiger partial charge in [0.25, 0.3) is 5.24 Å². The van der Waals surface area contributed by atoms with Crippen LogP contribution in [-0.2, 0) is 6.30 Å². The number of benzene rings is 1. The molecule has 0 bridgehead atoms. The zero-order chi connectivity index (χ0) is 13.5. The van der Waals surface area contributed by atoms with E-state index < -0.39 is 28.2 Å². The molecule has 0 aliphatic heterocycles. The summed E-state index contributed by atoms with van der Waals surface area (Å²) in [6.07, 6.45) is -4.85. The molecular formula is C10H4ClF3N2O2. The first-order valence-corrected chi connectivity index (χ1v) is 4.99. The van der Waals surface area contributed by atoms with Gasteiger partial charge in [0.05, 0.1) is 10.9 Å². The summed E-state index contributed by atoms with van der Waals surface area (Å²) in [4.78, 5) is 22.6. The van der Waals surface area contributed by atoms with Crippen LogP contribution in [0.5, 0.6) is 0 Å². The van der Waals surface area contributed by atoms with Gasteiger partial charge in [-0.25, -0.2) is 0 Å². The lowest BCUT2D eigenvalue weighted by Crippen LogP contribution is -2.28. The number of alkyl halides is 3. The molecule has 2 aromatic rings. The van der Waals surface area contributed by atoms with E-state index in [1.165, 1.54) is 18.2 Å². The minimum atomic E-state index is -4.85. The number of carbonyl (C=O) groups excluding carboxylic acids is 1. The van der Waals surface area contributed by atoms with E-state index in [0.717, 1.165) is 6.07 Å². The molecule has 94 valence electrons. The summed E-state index contributed by atoms with van der Waals surface area (Å²) >= 11 is 5.05. The molecule has 0 aliphatic carbocycles. The molecule has 0 amide bonds. The Kier molecular flexibility index (Phi) is 2.86. The van der Waals surface area contributed by atoms with Gasteiger partial charge in [-0.05, 0) is 23.7 Å². The van der Waals surface area contributed by atoms with Crippen LogP contribution in [-0.4, -0.2) is 15.0 Å². The van der Waals surface area contributed by atoms with E-state index in [1.54, 1.807) is 0 Å². The molecule has 0 spiro atoms. The fourth-order valence-electron chi connectivity index (χ4n) is 1.50. The average molecular weight is 277 g/mol. The Bertz CT molecular complexity index is 694. The first kappa shape index (κ1) is 12.6. The van der Waals surface area contributed by atoms with Crippen molar-refractivity contribution in [2.75, 3.05) is 0 Å². The third kappa shape index (κ3) is 1.97. The van der Waals surface area contributed by atoms with Gasteiger partial charge in [-0.1, -0.05) is 12.1 Å². The highest BCUT2D eigenvalue weighted by Gasteiger charge is 2.34. The van der Waals surface area contributed by atoms with Crippen LogP contribution in [0.4, 0.5) is 13.2 Å². The van der Waals surface area contributed by atoms with Crippen LogP contribution >= 0.6 is 11.6 Å². The van der Waals surface area contributed by atoms with E-state index in [4.69, 9.17) is 11.6 Å². The molecular weight excluding hydrogens is 273 g/mol. The lowest BCUT2D eigenvalue weighted by atomic mass is 10.2. The Hall–Kier alpha value is -1.89. The van der Waals surface area contributed by atoms with Crippen molar-refractivity contribution >= 4 is 27.7 Å². The van der Waals surface area contributed by atoms with Crippen molar-refractivity contribution in [3.8, 4) is 0 Å². The topological polar surface area (TPSA) is 52.0 Å². The summed E-state index contributed by atoms with van der Waals surface area (Å²) in [6, 6.07) is 4.96. The number of nitrogens with zero attached hydrogens (tertiary/aromatic N) is 2. The molecule has 0 N–H and O–H groups in total. The number of hydrogen-bond donors (Lipinski definition) is 0. The monoisotopic (exact) mass is 276 g/mol.